The summed E-state index contributed by atoms with van der Waals surface area (Å²) < 4.78 is 26.8. The molecule has 0 radical (unpaired) electrons. The minimum atomic E-state index is -0.878. The standard InChI is InChI=1S/C12H12F2N2.ClH/c13-9-1-2-11(14)10(7-9)12(8-15)3-5-16-6-4-12;/h1-2,7,16H,3-6H2;1H. The largest absolute Gasteiger partial charge is 0.317 e. The van der Waals surface area contributed by atoms with Gasteiger partial charge in [-0.3, -0.25) is 0 Å². The second-order valence-electron chi connectivity index (χ2n) is 4.07. The number of nitrogens with zero attached hydrogens (tertiary/aromatic N) is 1. The summed E-state index contributed by atoms with van der Waals surface area (Å²) in [6.45, 7) is 1.31. The summed E-state index contributed by atoms with van der Waals surface area (Å²) >= 11 is 0. The fraction of sp³-hybridized carbons (Fsp3) is 0.417. The van der Waals surface area contributed by atoms with Crippen molar-refractivity contribution < 1.29 is 8.78 Å². The second kappa shape index (κ2) is 5.44. The number of nitriles is 1. The molecule has 1 heterocycles. The maximum atomic E-state index is 13.6. The van der Waals surface area contributed by atoms with Crippen LogP contribution in [0.4, 0.5) is 8.78 Å². The first-order valence-electron chi connectivity index (χ1n) is 5.25. The Bertz CT molecular complexity index is 437. The Morgan fingerprint density at radius 1 is 1.24 bits per heavy atom. The first-order chi connectivity index (χ1) is 7.68. The average Bonchev–Trinajstić information content (AvgIpc) is 2.33. The van der Waals surface area contributed by atoms with Crippen LogP contribution < -0.4 is 5.32 Å². The molecule has 2 nitrogen and oxygen atoms in total. The van der Waals surface area contributed by atoms with Gasteiger partial charge >= 0.3 is 0 Å². The van der Waals surface area contributed by atoms with E-state index >= 15 is 0 Å². The van der Waals surface area contributed by atoms with Crippen molar-refractivity contribution in [1.29, 1.82) is 5.26 Å². The molecule has 5 heteroatoms. The quantitative estimate of drug-likeness (QED) is 0.840. The molecule has 0 aliphatic carbocycles. The number of hydrogen-bond acceptors (Lipinski definition) is 2. The SMILES string of the molecule is Cl.N#CC1(c2cc(F)ccc2F)CCNCC1. The van der Waals surface area contributed by atoms with E-state index in [4.69, 9.17) is 0 Å². The van der Waals surface area contributed by atoms with Crippen LogP contribution in [0.15, 0.2) is 18.2 Å². The van der Waals surface area contributed by atoms with Gasteiger partial charge in [-0.2, -0.15) is 5.26 Å². The van der Waals surface area contributed by atoms with Crippen LogP contribution in [-0.2, 0) is 5.41 Å². The first-order valence-corrected chi connectivity index (χ1v) is 5.25. The topological polar surface area (TPSA) is 35.8 Å². The lowest BCUT2D eigenvalue weighted by Crippen LogP contribution is -2.39. The predicted octanol–water partition coefficient (Wildman–Crippen LogP) is 2.53. The zero-order valence-electron chi connectivity index (χ0n) is 9.17. The van der Waals surface area contributed by atoms with Crippen LogP contribution >= 0.6 is 12.4 Å². The second-order valence-corrected chi connectivity index (χ2v) is 4.07. The van der Waals surface area contributed by atoms with Crippen LogP contribution in [0.2, 0.25) is 0 Å². The fourth-order valence-corrected chi connectivity index (χ4v) is 2.16. The van der Waals surface area contributed by atoms with Gasteiger partial charge in [-0.15, -0.1) is 12.4 Å². The number of benzene rings is 1. The van der Waals surface area contributed by atoms with Crippen molar-refractivity contribution in [3.8, 4) is 6.07 Å². The van der Waals surface area contributed by atoms with E-state index in [1.165, 1.54) is 0 Å². The Morgan fingerprint density at radius 3 is 2.47 bits per heavy atom. The van der Waals surface area contributed by atoms with Gasteiger partial charge < -0.3 is 5.32 Å². The monoisotopic (exact) mass is 258 g/mol. The van der Waals surface area contributed by atoms with Crippen molar-refractivity contribution in [2.24, 2.45) is 0 Å². The van der Waals surface area contributed by atoms with Gasteiger partial charge in [0.05, 0.1) is 11.5 Å². The van der Waals surface area contributed by atoms with Gasteiger partial charge in [-0.25, -0.2) is 8.78 Å². The Kier molecular flexibility index (Phi) is 4.44. The van der Waals surface area contributed by atoms with Gasteiger partial charge in [-0.05, 0) is 44.1 Å². The third kappa shape index (κ3) is 2.56. The Hall–Kier alpha value is -1.18. The third-order valence-electron chi connectivity index (χ3n) is 3.12. The molecule has 1 saturated heterocycles. The summed E-state index contributed by atoms with van der Waals surface area (Å²) in [6, 6.07) is 5.46. The number of piperidine rings is 1. The zero-order chi connectivity index (χ0) is 11.6. The van der Waals surface area contributed by atoms with Crippen molar-refractivity contribution >= 4 is 12.4 Å². The Labute approximate surface area is 105 Å². The van der Waals surface area contributed by atoms with Crippen molar-refractivity contribution in [2.75, 3.05) is 13.1 Å². The lowest BCUT2D eigenvalue weighted by molar-refractivity contribution is 0.368. The highest BCUT2D eigenvalue weighted by Gasteiger charge is 2.36. The van der Waals surface area contributed by atoms with Gasteiger partial charge in [0.1, 0.15) is 11.6 Å². The van der Waals surface area contributed by atoms with Gasteiger partial charge in [0.25, 0.3) is 0 Å². The van der Waals surface area contributed by atoms with Crippen LogP contribution in [0.3, 0.4) is 0 Å². The summed E-state index contributed by atoms with van der Waals surface area (Å²) in [5.41, 5.74) is -0.686. The number of halogens is 3. The molecule has 2 rings (SSSR count). The van der Waals surface area contributed by atoms with Crippen LogP contribution in [0.25, 0.3) is 0 Å². The molecule has 0 amide bonds. The third-order valence-corrected chi connectivity index (χ3v) is 3.12. The van der Waals surface area contributed by atoms with Gasteiger partial charge in [0, 0.05) is 5.56 Å². The lowest BCUT2D eigenvalue weighted by atomic mass is 9.74. The molecule has 92 valence electrons. The van der Waals surface area contributed by atoms with E-state index in [-0.39, 0.29) is 18.0 Å². The fourth-order valence-electron chi connectivity index (χ4n) is 2.16. The maximum absolute atomic E-state index is 13.6. The van der Waals surface area contributed by atoms with E-state index in [0.29, 0.717) is 25.9 Å². The molecule has 1 aliphatic rings. The van der Waals surface area contributed by atoms with Gasteiger partial charge in [0.2, 0.25) is 0 Å². The first kappa shape index (κ1) is 13.9. The maximum Gasteiger partial charge on any atom is 0.128 e. The van der Waals surface area contributed by atoms with E-state index in [1.54, 1.807) is 0 Å². The summed E-state index contributed by atoms with van der Waals surface area (Å²) in [6.07, 6.45) is 1.04. The molecule has 1 N–H and O–H groups in total. The smallest absolute Gasteiger partial charge is 0.128 e. The molecule has 0 unspecified atom stereocenters. The van der Waals surface area contributed by atoms with E-state index in [9.17, 15) is 14.0 Å². The Morgan fingerprint density at radius 2 is 1.88 bits per heavy atom. The van der Waals surface area contributed by atoms with E-state index in [2.05, 4.69) is 11.4 Å². The minimum absolute atomic E-state index is 0. The number of hydrogen-bond donors (Lipinski definition) is 1. The molecular weight excluding hydrogens is 246 g/mol. The molecule has 1 aromatic carbocycles. The highest BCUT2D eigenvalue weighted by atomic mass is 35.5. The van der Waals surface area contributed by atoms with Crippen molar-refractivity contribution in [2.45, 2.75) is 18.3 Å². The van der Waals surface area contributed by atoms with Crippen molar-refractivity contribution in [3.63, 3.8) is 0 Å². The van der Waals surface area contributed by atoms with Crippen LogP contribution in [0.5, 0.6) is 0 Å². The van der Waals surface area contributed by atoms with Crippen molar-refractivity contribution in [1.82, 2.24) is 5.32 Å². The minimum Gasteiger partial charge on any atom is -0.317 e. The Balaban J connectivity index is 0.00000144. The predicted molar refractivity (Wildman–Crippen MR) is 63.0 cm³/mol. The average molecular weight is 259 g/mol. The van der Waals surface area contributed by atoms with E-state index in [0.717, 1.165) is 18.2 Å². The number of nitrogens with one attached hydrogen (secondary N) is 1. The summed E-state index contributed by atoms with van der Waals surface area (Å²) in [7, 11) is 0. The summed E-state index contributed by atoms with van der Waals surface area (Å²) in [4.78, 5) is 0. The van der Waals surface area contributed by atoms with E-state index in [1.807, 2.05) is 0 Å². The normalized spacial score (nSPS) is 17.9. The molecule has 0 saturated carbocycles. The van der Waals surface area contributed by atoms with Crippen molar-refractivity contribution in [3.05, 3.63) is 35.4 Å². The zero-order valence-corrected chi connectivity index (χ0v) is 9.99. The van der Waals surface area contributed by atoms with Gasteiger partial charge in [0.15, 0.2) is 0 Å². The highest BCUT2D eigenvalue weighted by Crippen LogP contribution is 2.34. The summed E-state index contributed by atoms with van der Waals surface area (Å²) in [5, 5.41) is 12.4. The van der Waals surface area contributed by atoms with Gasteiger partial charge in [-0.1, -0.05) is 0 Å². The molecule has 17 heavy (non-hydrogen) atoms. The molecular formula is C12H13ClF2N2. The molecule has 0 bridgehead atoms. The molecule has 1 fully saturated rings. The molecule has 1 aromatic rings. The molecule has 0 atom stereocenters. The molecule has 0 aromatic heterocycles. The van der Waals surface area contributed by atoms with Crippen LogP contribution in [-0.4, -0.2) is 13.1 Å². The molecule has 1 aliphatic heterocycles. The molecule has 0 spiro atoms. The lowest BCUT2D eigenvalue weighted by Gasteiger charge is -2.31. The summed E-state index contributed by atoms with van der Waals surface area (Å²) in [5.74, 6) is -0.991. The van der Waals surface area contributed by atoms with Crippen LogP contribution in [0.1, 0.15) is 18.4 Å². The van der Waals surface area contributed by atoms with Crippen LogP contribution in [0, 0.1) is 23.0 Å². The highest BCUT2D eigenvalue weighted by molar-refractivity contribution is 5.85. The number of rotatable bonds is 1. The van der Waals surface area contributed by atoms with E-state index < -0.39 is 17.0 Å².